The van der Waals surface area contributed by atoms with E-state index in [9.17, 15) is 9.59 Å². The van der Waals surface area contributed by atoms with E-state index >= 15 is 0 Å². The van der Waals surface area contributed by atoms with Gasteiger partial charge >= 0.3 is 0 Å². The molecule has 1 atom stereocenters. The van der Waals surface area contributed by atoms with Gasteiger partial charge in [0.25, 0.3) is 0 Å². The van der Waals surface area contributed by atoms with Crippen LogP contribution in [0.15, 0.2) is 24.3 Å². The lowest BCUT2D eigenvalue weighted by Gasteiger charge is -2.40. The summed E-state index contributed by atoms with van der Waals surface area (Å²) in [4.78, 5) is 29.9. The Labute approximate surface area is 174 Å². The van der Waals surface area contributed by atoms with E-state index in [1.165, 1.54) is 18.4 Å². The Morgan fingerprint density at radius 2 is 1.79 bits per heavy atom. The topological polar surface area (TPSA) is 52.7 Å². The van der Waals surface area contributed by atoms with E-state index in [1.807, 2.05) is 11.8 Å². The molecule has 5 nitrogen and oxygen atoms in total. The first-order chi connectivity index (χ1) is 14.0. The number of rotatable bonds is 7. The highest BCUT2D eigenvalue weighted by Crippen LogP contribution is 2.44. The van der Waals surface area contributed by atoms with Gasteiger partial charge in [-0.25, -0.2) is 0 Å². The predicted octanol–water partition coefficient (Wildman–Crippen LogP) is 3.69. The molecule has 1 unspecified atom stereocenters. The lowest BCUT2D eigenvalue weighted by atomic mass is 9.76. The van der Waals surface area contributed by atoms with E-state index in [4.69, 9.17) is 0 Å². The Morgan fingerprint density at radius 3 is 2.41 bits per heavy atom. The zero-order chi connectivity index (χ0) is 20.4. The van der Waals surface area contributed by atoms with Crippen molar-refractivity contribution < 1.29 is 9.59 Å². The van der Waals surface area contributed by atoms with Crippen molar-refractivity contribution in [2.45, 2.75) is 70.8 Å². The average molecular weight is 398 g/mol. The Kier molecular flexibility index (Phi) is 5.95. The number of nitrogens with one attached hydrogen (secondary N) is 1. The maximum Gasteiger partial charge on any atom is 0.237 e. The van der Waals surface area contributed by atoms with Crippen molar-refractivity contribution in [3.63, 3.8) is 0 Å². The van der Waals surface area contributed by atoms with E-state index in [0.717, 1.165) is 69.9 Å². The van der Waals surface area contributed by atoms with Crippen LogP contribution in [-0.2, 0) is 9.59 Å². The third kappa shape index (κ3) is 4.20. The number of carbonyl (C=O) groups excluding carboxylic acids is 2. The lowest BCUT2D eigenvalue weighted by Crippen LogP contribution is -2.52. The summed E-state index contributed by atoms with van der Waals surface area (Å²) in [6.07, 6.45) is 7.36. The second-order valence-corrected chi connectivity index (χ2v) is 9.21. The number of hydrogen-bond acceptors (Lipinski definition) is 3. The van der Waals surface area contributed by atoms with Gasteiger partial charge in [-0.2, -0.15) is 0 Å². The number of amides is 2. The van der Waals surface area contributed by atoms with Gasteiger partial charge in [0.1, 0.15) is 0 Å². The molecule has 2 saturated heterocycles. The molecule has 1 aromatic rings. The summed E-state index contributed by atoms with van der Waals surface area (Å²) in [5, 5.41) is 3.04. The van der Waals surface area contributed by atoms with E-state index in [1.54, 1.807) is 0 Å². The third-order valence-corrected chi connectivity index (χ3v) is 7.28. The standard InChI is InChI=1S/C24H35N3O2/c1-3-4-14-25-22(28)18(2)26-15-11-24(12-16-26)13-17-27(23(24)29)21-9-7-20(8-10-21)19-5-6-19/h7-10,18-19H,3-6,11-17H2,1-2H3,(H,25,28). The molecular formula is C24H35N3O2. The van der Waals surface area contributed by atoms with Crippen LogP contribution >= 0.6 is 0 Å². The van der Waals surface area contributed by atoms with E-state index in [-0.39, 0.29) is 23.3 Å². The number of unbranched alkanes of at least 4 members (excludes halogenated alkanes) is 1. The van der Waals surface area contributed by atoms with Gasteiger partial charge in [0.15, 0.2) is 0 Å². The second kappa shape index (κ2) is 8.47. The highest BCUT2D eigenvalue weighted by molar-refractivity contribution is 6.00. The van der Waals surface area contributed by atoms with Crippen LogP contribution in [0.1, 0.15) is 70.3 Å². The monoisotopic (exact) mass is 397 g/mol. The maximum absolute atomic E-state index is 13.3. The SMILES string of the molecule is CCCCNC(=O)C(C)N1CCC2(CCN(c3ccc(C4CC4)cc3)C2=O)CC1. The molecule has 29 heavy (non-hydrogen) atoms. The van der Waals surface area contributed by atoms with Crippen molar-refractivity contribution in [3.8, 4) is 0 Å². The fourth-order valence-electron chi connectivity index (χ4n) is 4.92. The summed E-state index contributed by atoms with van der Waals surface area (Å²) < 4.78 is 0. The molecule has 1 aromatic carbocycles. The van der Waals surface area contributed by atoms with Gasteiger partial charge in [-0.05, 0) is 82.2 Å². The average Bonchev–Trinajstić information content (AvgIpc) is 3.55. The van der Waals surface area contributed by atoms with E-state index in [2.05, 4.69) is 41.4 Å². The first kappa shape index (κ1) is 20.4. The molecule has 2 amide bonds. The molecule has 1 N–H and O–H groups in total. The van der Waals surface area contributed by atoms with Crippen molar-refractivity contribution in [2.75, 3.05) is 31.1 Å². The van der Waals surface area contributed by atoms with Crippen molar-refractivity contribution >= 4 is 17.5 Å². The zero-order valence-electron chi connectivity index (χ0n) is 18.0. The fourth-order valence-corrected chi connectivity index (χ4v) is 4.92. The molecule has 1 aliphatic carbocycles. The largest absolute Gasteiger partial charge is 0.355 e. The number of carbonyl (C=O) groups is 2. The molecule has 0 radical (unpaired) electrons. The second-order valence-electron chi connectivity index (χ2n) is 9.21. The normalized spacial score (nSPS) is 22.8. The molecule has 3 aliphatic rings. The smallest absolute Gasteiger partial charge is 0.237 e. The Balaban J connectivity index is 1.33. The van der Waals surface area contributed by atoms with Crippen LogP contribution < -0.4 is 10.2 Å². The van der Waals surface area contributed by atoms with Gasteiger partial charge in [-0.1, -0.05) is 25.5 Å². The van der Waals surface area contributed by atoms with E-state index in [0.29, 0.717) is 0 Å². The molecule has 1 spiro atoms. The molecule has 2 heterocycles. The first-order valence-electron chi connectivity index (χ1n) is 11.5. The molecule has 1 saturated carbocycles. The van der Waals surface area contributed by atoms with Crippen LogP contribution in [0.25, 0.3) is 0 Å². The Hall–Kier alpha value is -1.88. The van der Waals surface area contributed by atoms with Gasteiger partial charge in [0.05, 0.1) is 11.5 Å². The van der Waals surface area contributed by atoms with Gasteiger partial charge in [0, 0.05) is 18.8 Å². The molecule has 2 aliphatic heterocycles. The highest BCUT2D eigenvalue weighted by atomic mass is 16.2. The van der Waals surface area contributed by atoms with Gasteiger partial charge < -0.3 is 10.2 Å². The van der Waals surface area contributed by atoms with Crippen LogP contribution in [0.3, 0.4) is 0 Å². The number of anilines is 1. The molecule has 158 valence electrons. The van der Waals surface area contributed by atoms with Crippen LogP contribution in [0.4, 0.5) is 5.69 Å². The summed E-state index contributed by atoms with van der Waals surface area (Å²) in [5.41, 5.74) is 2.22. The van der Waals surface area contributed by atoms with Crippen molar-refractivity contribution in [1.82, 2.24) is 10.2 Å². The van der Waals surface area contributed by atoms with Crippen molar-refractivity contribution in [3.05, 3.63) is 29.8 Å². The minimum atomic E-state index is -0.232. The zero-order valence-corrected chi connectivity index (χ0v) is 18.0. The van der Waals surface area contributed by atoms with Crippen LogP contribution in [-0.4, -0.2) is 48.9 Å². The van der Waals surface area contributed by atoms with Gasteiger partial charge in [0.2, 0.25) is 11.8 Å². The molecule has 3 fully saturated rings. The van der Waals surface area contributed by atoms with Crippen LogP contribution in [0.5, 0.6) is 0 Å². The molecule has 4 rings (SSSR count). The summed E-state index contributed by atoms with van der Waals surface area (Å²) in [5.74, 6) is 1.15. The lowest BCUT2D eigenvalue weighted by molar-refractivity contribution is -0.130. The minimum absolute atomic E-state index is 0.115. The minimum Gasteiger partial charge on any atom is -0.355 e. The predicted molar refractivity (Wildman–Crippen MR) is 116 cm³/mol. The Morgan fingerprint density at radius 1 is 1.14 bits per heavy atom. The maximum atomic E-state index is 13.3. The number of likely N-dealkylation sites (tertiary alicyclic amines) is 1. The number of piperidine rings is 1. The number of benzene rings is 1. The van der Waals surface area contributed by atoms with Crippen molar-refractivity contribution in [2.24, 2.45) is 5.41 Å². The van der Waals surface area contributed by atoms with Gasteiger partial charge in [-0.15, -0.1) is 0 Å². The fraction of sp³-hybridized carbons (Fsp3) is 0.667. The van der Waals surface area contributed by atoms with Gasteiger partial charge in [-0.3, -0.25) is 14.5 Å². The summed E-state index contributed by atoms with van der Waals surface area (Å²) in [7, 11) is 0. The number of nitrogens with zero attached hydrogens (tertiary/aromatic N) is 2. The molecule has 0 aromatic heterocycles. The number of hydrogen-bond donors (Lipinski definition) is 1. The van der Waals surface area contributed by atoms with E-state index < -0.39 is 0 Å². The van der Waals surface area contributed by atoms with Crippen LogP contribution in [0, 0.1) is 5.41 Å². The molecule has 5 heteroatoms. The van der Waals surface area contributed by atoms with Crippen molar-refractivity contribution in [1.29, 1.82) is 0 Å². The highest BCUT2D eigenvalue weighted by Gasteiger charge is 2.49. The summed E-state index contributed by atoms with van der Waals surface area (Å²) in [6, 6.07) is 8.54. The summed E-state index contributed by atoms with van der Waals surface area (Å²) >= 11 is 0. The quantitative estimate of drug-likeness (QED) is 0.714. The first-order valence-corrected chi connectivity index (χ1v) is 11.5. The third-order valence-electron chi connectivity index (χ3n) is 7.28. The van der Waals surface area contributed by atoms with Crippen LogP contribution in [0.2, 0.25) is 0 Å². The molecule has 0 bridgehead atoms. The Bertz CT molecular complexity index is 733. The molecular weight excluding hydrogens is 362 g/mol. The summed E-state index contributed by atoms with van der Waals surface area (Å²) in [6.45, 7) is 7.33.